The number of aromatic nitrogens is 1. The smallest absolute Gasteiger partial charge is 0.129 e. The van der Waals surface area contributed by atoms with E-state index in [0.717, 1.165) is 11.6 Å². The van der Waals surface area contributed by atoms with Crippen LogP contribution in [-0.2, 0) is 0 Å². The highest BCUT2D eigenvalue weighted by Crippen LogP contribution is 2.42. The first-order valence-corrected chi connectivity index (χ1v) is 7.05. The minimum atomic E-state index is 0.378. The number of nitrogens with zero attached hydrogens (tertiary/aromatic N) is 1. The Morgan fingerprint density at radius 2 is 1.89 bits per heavy atom. The molecule has 98 valence electrons. The van der Waals surface area contributed by atoms with Crippen molar-refractivity contribution in [1.29, 1.82) is 0 Å². The Hall–Kier alpha value is -1.54. The molecule has 1 N–H and O–H groups in total. The van der Waals surface area contributed by atoms with Gasteiger partial charge in [0.05, 0.1) is 17.9 Å². The summed E-state index contributed by atoms with van der Waals surface area (Å²) in [5, 5.41) is 4.11. The van der Waals surface area contributed by atoms with E-state index in [1.165, 1.54) is 24.0 Å². The Balaban J connectivity index is 1.81. The number of hydrogen-bond donors (Lipinski definition) is 1. The molecule has 1 aromatic carbocycles. The number of nitrogens with one attached hydrogen (secondary N) is 1. The summed E-state index contributed by atoms with van der Waals surface area (Å²) in [6.45, 7) is 2.12. The second-order valence-electron chi connectivity index (χ2n) is 5.24. The van der Waals surface area contributed by atoms with Crippen molar-refractivity contribution in [3.63, 3.8) is 0 Å². The topological polar surface area (TPSA) is 24.9 Å². The van der Waals surface area contributed by atoms with Gasteiger partial charge < -0.3 is 5.32 Å². The maximum atomic E-state index is 5.82. The molecule has 1 atom stereocenters. The molecule has 0 aliphatic heterocycles. The number of hydrogen-bond acceptors (Lipinski definition) is 2. The summed E-state index contributed by atoms with van der Waals surface area (Å²) >= 11 is 5.82. The molecule has 1 aromatic heterocycles. The highest BCUT2D eigenvalue weighted by atomic mass is 35.5. The molecule has 1 fully saturated rings. The fraction of sp³-hybridized carbons (Fsp3) is 0.312. The number of anilines is 1. The van der Waals surface area contributed by atoms with Crippen molar-refractivity contribution in [1.82, 2.24) is 4.98 Å². The fourth-order valence-corrected chi connectivity index (χ4v) is 2.43. The molecule has 1 heterocycles. The van der Waals surface area contributed by atoms with E-state index in [9.17, 15) is 0 Å². The second kappa shape index (κ2) is 5.22. The summed E-state index contributed by atoms with van der Waals surface area (Å²) in [4.78, 5) is 4.12. The molecule has 0 bridgehead atoms. The van der Waals surface area contributed by atoms with Crippen molar-refractivity contribution in [2.24, 2.45) is 5.92 Å². The molecule has 3 heteroatoms. The molecular formula is C16H17ClN2. The van der Waals surface area contributed by atoms with Crippen LogP contribution in [0.3, 0.4) is 0 Å². The van der Waals surface area contributed by atoms with Gasteiger partial charge >= 0.3 is 0 Å². The molecule has 1 aliphatic carbocycles. The molecule has 1 aliphatic rings. The van der Waals surface area contributed by atoms with Crippen molar-refractivity contribution >= 4 is 17.3 Å². The van der Waals surface area contributed by atoms with E-state index in [0.29, 0.717) is 11.2 Å². The van der Waals surface area contributed by atoms with Crippen LogP contribution in [0.5, 0.6) is 0 Å². The van der Waals surface area contributed by atoms with E-state index < -0.39 is 0 Å². The van der Waals surface area contributed by atoms with Gasteiger partial charge in [0.25, 0.3) is 0 Å². The zero-order chi connectivity index (χ0) is 13.2. The Morgan fingerprint density at radius 3 is 2.47 bits per heavy atom. The quantitative estimate of drug-likeness (QED) is 0.823. The van der Waals surface area contributed by atoms with Crippen molar-refractivity contribution in [2.75, 3.05) is 5.32 Å². The van der Waals surface area contributed by atoms with Gasteiger partial charge in [-0.3, -0.25) is 0 Å². The Kier molecular flexibility index (Phi) is 3.43. The van der Waals surface area contributed by atoms with Crippen LogP contribution in [-0.4, -0.2) is 4.98 Å². The van der Waals surface area contributed by atoms with Crippen LogP contribution < -0.4 is 5.32 Å². The van der Waals surface area contributed by atoms with Gasteiger partial charge in [-0.1, -0.05) is 41.4 Å². The Morgan fingerprint density at radius 1 is 1.16 bits per heavy atom. The van der Waals surface area contributed by atoms with Crippen molar-refractivity contribution < 1.29 is 0 Å². The first-order valence-electron chi connectivity index (χ1n) is 6.67. The molecule has 0 amide bonds. The lowest BCUT2D eigenvalue weighted by Gasteiger charge is -2.20. The fourth-order valence-electron chi connectivity index (χ4n) is 2.32. The summed E-state index contributed by atoms with van der Waals surface area (Å²) in [5.41, 5.74) is 3.68. The lowest BCUT2D eigenvalue weighted by atomic mass is 10.0. The molecule has 3 rings (SSSR count). The minimum Gasteiger partial charge on any atom is -0.377 e. The van der Waals surface area contributed by atoms with Gasteiger partial charge in [0.15, 0.2) is 0 Å². The molecule has 1 unspecified atom stereocenters. The van der Waals surface area contributed by atoms with Gasteiger partial charge in [-0.25, -0.2) is 4.98 Å². The van der Waals surface area contributed by atoms with Gasteiger partial charge in [-0.2, -0.15) is 0 Å². The molecule has 2 nitrogen and oxygen atoms in total. The Labute approximate surface area is 118 Å². The average molecular weight is 273 g/mol. The van der Waals surface area contributed by atoms with Gasteiger partial charge in [0, 0.05) is 0 Å². The van der Waals surface area contributed by atoms with E-state index in [4.69, 9.17) is 11.6 Å². The molecule has 1 saturated carbocycles. The number of halogens is 1. The summed E-state index contributed by atoms with van der Waals surface area (Å²) in [6, 6.07) is 13.0. The van der Waals surface area contributed by atoms with Crippen LogP contribution in [0.15, 0.2) is 42.6 Å². The van der Waals surface area contributed by atoms with Gasteiger partial charge in [0.1, 0.15) is 5.15 Å². The monoisotopic (exact) mass is 272 g/mol. The van der Waals surface area contributed by atoms with Crippen LogP contribution in [0, 0.1) is 12.8 Å². The van der Waals surface area contributed by atoms with Crippen molar-refractivity contribution in [3.05, 3.63) is 58.9 Å². The molecule has 0 radical (unpaired) electrons. The first-order chi connectivity index (χ1) is 9.22. The number of rotatable bonds is 4. The number of aryl methyl sites for hydroxylation is 1. The second-order valence-corrected chi connectivity index (χ2v) is 5.63. The summed E-state index contributed by atoms with van der Waals surface area (Å²) in [6.07, 6.45) is 4.39. The minimum absolute atomic E-state index is 0.378. The van der Waals surface area contributed by atoms with Crippen molar-refractivity contribution in [2.45, 2.75) is 25.8 Å². The summed E-state index contributed by atoms with van der Waals surface area (Å²) in [7, 11) is 0. The molecule has 2 aromatic rings. The molecular weight excluding hydrogens is 256 g/mol. The molecule has 0 saturated heterocycles. The maximum absolute atomic E-state index is 5.82. The third-order valence-electron chi connectivity index (χ3n) is 3.58. The van der Waals surface area contributed by atoms with E-state index in [-0.39, 0.29) is 0 Å². The van der Waals surface area contributed by atoms with Gasteiger partial charge in [0.2, 0.25) is 0 Å². The lowest BCUT2D eigenvalue weighted by molar-refractivity contribution is 0.678. The standard InChI is InChI=1S/C16H17ClN2/c1-11-2-4-12(5-3-11)16(13-6-7-13)19-14-8-9-15(17)18-10-14/h2-5,8-10,13,16,19H,6-7H2,1H3. The normalized spacial score (nSPS) is 16.1. The molecule has 0 spiro atoms. The average Bonchev–Trinajstić information content (AvgIpc) is 3.24. The van der Waals surface area contributed by atoms with Crippen LogP contribution in [0.4, 0.5) is 5.69 Å². The van der Waals surface area contributed by atoms with E-state index in [1.807, 2.05) is 12.1 Å². The summed E-state index contributed by atoms with van der Waals surface area (Å²) in [5.74, 6) is 0.735. The first kappa shape index (κ1) is 12.5. The lowest BCUT2D eigenvalue weighted by Crippen LogP contribution is -2.13. The van der Waals surface area contributed by atoms with E-state index in [1.54, 1.807) is 6.20 Å². The molecule has 19 heavy (non-hydrogen) atoms. The van der Waals surface area contributed by atoms with Crippen LogP contribution >= 0.6 is 11.6 Å². The zero-order valence-electron chi connectivity index (χ0n) is 10.9. The van der Waals surface area contributed by atoms with E-state index >= 15 is 0 Å². The van der Waals surface area contributed by atoms with Gasteiger partial charge in [-0.15, -0.1) is 0 Å². The number of pyridine rings is 1. The van der Waals surface area contributed by atoms with Crippen LogP contribution in [0.1, 0.15) is 30.0 Å². The van der Waals surface area contributed by atoms with Crippen LogP contribution in [0.2, 0.25) is 5.15 Å². The largest absolute Gasteiger partial charge is 0.377 e. The van der Waals surface area contributed by atoms with E-state index in [2.05, 4.69) is 41.5 Å². The highest BCUT2D eigenvalue weighted by Gasteiger charge is 2.32. The highest BCUT2D eigenvalue weighted by molar-refractivity contribution is 6.29. The predicted octanol–water partition coefficient (Wildman–Crippen LogP) is 4.61. The third kappa shape index (κ3) is 3.07. The number of benzene rings is 1. The van der Waals surface area contributed by atoms with Crippen molar-refractivity contribution in [3.8, 4) is 0 Å². The third-order valence-corrected chi connectivity index (χ3v) is 3.80. The SMILES string of the molecule is Cc1ccc(C(Nc2ccc(Cl)nc2)C2CC2)cc1. The van der Waals surface area contributed by atoms with Crippen LogP contribution in [0.25, 0.3) is 0 Å². The zero-order valence-corrected chi connectivity index (χ0v) is 11.7. The maximum Gasteiger partial charge on any atom is 0.129 e. The van der Waals surface area contributed by atoms with Gasteiger partial charge in [-0.05, 0) is 43.4 Å². The predicted molar refractivity (Wildman–Crippen MR) is 79.5 cm³/mol. The Bertz CT molecular complexity index is 544. The summed E-state index contributed by atoms with van der Waals surface area (Å²) < 4.78 is 0.